The molecule has 0 bridgehead atoms. The number of fused-ring (bicyclic) bond motifs is 2. The van der Waals surface area contributed by atoms with Crippen molar-refractivity contribution in [2.75, 3.05) is 19.0 Å². The Bertz CT molecular complexity index is 1000. The van der Waals surface area contributed by atoms with Gasteiger partial charge in [-0.25, -0.2) is 12.8 Å². The molecule has 1 atom stereocenters. The Balaban J connectivity index is 1.75. The number of nitrogens with zero attached hydrogens (tertiary/aromatic N) is 1. The Hall–Kier alpha value is -2.38. The third-order valence-corrected chi connectivity index (χ3v) is 6.82. The molecule has 136 valence electrons. The molecule has 0 aromatic heterocycles. The lowest BCUT2D eigenvalue weighted by atomic mass is 9.97. The van der Waals surface area contributed by atoms with E-state index < -0.39 is 22.0 Å². The van der Waals surface area contributed by atoms with Crippen molar-refractivity contribution in [3.8, 4) is 5.75 Å². The van der Waals surface area contributed by atoms with Crippen molar-refractivity contribution < 1.29 is 17.5 Å². The van der Waals surface area contributed by atoms with Crippen LogP contribution in [0.1, 0.15) is 17.5 Å². The van der Waals surface area contributed by atoms with Gasteiger partial charge in [0.2, 0.25) is 10.0 Å². The molecular formula is C19H19FN2O3S. The van der Waals surface area contributed by atoms with Crippen molar-refractivity contribution in [3.63, 3.8) is 0 Å². The summed E-state index contributed by atoms with van der Waals surface area (Å²) < 4.78 is 46.1. The lowest BCUT2D eigenvalue weighted by Gasteiger charge is -2.31. The van der Waals surface area contributed by atoms with Gasteiger partial charge in [-0.1, -0.05) is 6.07 Å². The maximum atomic E-state index is 13.2. The molecule has 0 amide bonds. The predicted molar refractivity (Wildman–Crippen MR) is 98.0 cm³/mol. The fourth-order valence-electron chi connectivity index (χ4n) is 3.54. The molecule has 5 nitrogen and oxygen atoms in total. The Morgan fingerprint density at radius 1 is 1.19 bits per heavy atom. The summed E-state index contributed by atoms with van der Waals surface area (Å²) in [5.41, 5.74) is 3.93. The van der Waals surface area contributed by atoms with Gasteiger partial charge in [0.05, 0.1) is 17.7 Å². The highest BCUT2D eigenvalue weighted by Gasteiger charge is 2.40. The maximum Gasteiger partial charge on any atom is 0.245 e. The zero-order valence-corrected chi connectivity index (χ0v) is 15.3. The van der Waals surface area contributed by atoms with Crippen molar-refractivity contribution in [1.29, 1.82) is 0 Å². The molecule has 0 radical (unpaired) electrons. The van der Waals surface area contributed by atoms with E-state index in [1.165, 1.54) is 16.4 Å². The fourth-order valence-corrected chi connectivity index (χ4v) is 5.09. The highest BCUT2D eigenvalue weighted by molar-refractivity contribution is 7.89. The van der Waals surface area contributed by atoms with E-state index >= 15 is 0 Å². The smallest absolute Gasteiger partial charge is 0.245 e. The Morgan fingerprint density at radius 2 is 1.92 bits per heavy atom. The molecule has 2 aliphatic rings. The van der Waals surface area contributed by atoms with Crippen LogP contribution in [-0.2, 0) is 10.0 Å². The van der Waals surface area contributed by atoms with Crippen LogP contribution in [0.3, 0.4) is 0 Å². The number of aryl methyl sites for hydroxylation is 1. The molecule has 1 saturated heterocycles. The van der Waals surface area contributed by atoms with Crippen molar-refractivity contribution in [2.45, 2.75) is 24.4 Å². The van der Waals surface area contributed by atoms with E-state index in [4.69, 9.17) is 4.74 Å². The second-order valence-electron chi connectivity index (χ2n) is 6.46. The van der Waals surface area contributed by atoms with Crippen molar-refractivity contribution in [2.24, 2.45) is 0 Å². The average Bonchev–Trinajstić information content (AvgIpc) is 3.05. The first kappa shape index (κ1) is 17.1. The summed E-state index contributed by atoms with van der Waals surface area (Å²) in [5.74, 6) is 0.211. The van der Waals surface area contributed by atoms with E-state index in [1.807, 2.05) is 19.1 Å². The molecule has 7 heteroatoms. The van der Waals surface area contributed by atoms with E-state index in [0.29, 0.717) is 18.7 Å². The first-order chi connectivity index (χ1) is 12.4. The molecule has 4 rings (SSSR count). The first-order valence-corrected chi connectivity index (χ1v) is 9.78. The maximum absolute atomic E-state index is 13.2. The summed E-state index contributed by atoms with van der Waals surface area (Å²) in [6.07, 6.45) is 2.23. The number of hydrogen-bond acceptors (Lipinski definition) is 4. The van der Waals surface area contributed by atoms with Gasteiger partial charge in [-0.15, -0.1) is 0 Å². The van der Waals surface area contributed by atoms with Crippen LogP contribution in [0.25, 0.3) is 6.08 Å². The molecular weight excluding hydrogens is 355 g/mol. The van der Waals surface area contributed by atoms with Crippen LogP contribution < -0.4 is 10.1 Å². The summed E-state index contributed by atoms with van der Waals surface area (Å²) >= 11 is 0. The summed E-state index contributed by atoms with van der Waals surface area (Å²) in [7, 11) is -2.14. The topological polar surface area (TPSA) is 58.6 Å². The third kappa shape index (κ3) is 2.59. The number of sulfonamides is 1. The van der Waals surface area contributed by atoms with Crippen LogP contribution in [0.15, 0.2) is 46.9 Å². The molecule has 0 aliphatic carbocycles. The van der Waals surface area contributed by atoms with E-state index in [2.05, 4.69) is 11.4 Å². The quantitative estimate of drug-likeness (QED) is 0.895. The Kier molecular flexibility index (Phi) is 4.00. The average molecular weight is 374 g/mol. The van der Waals surface area contributed by atoms with Crippen molar-refractivity contribution in [1.82, 2.24) is 4.31 Å². The van der Waals surface area contributed by atoms with Gasteiger partial charge >= 0.3 is 0 Å². The highest BCUT2D eigenvalue weighted by Crippen LogP contribution is 2.42. The SMILES string of the molecule is COc1ccc(C)c2c1NC1C(=C2)CCN1S(=O)(=O)c1ccc(F)cc1. The zero-order valence-electron chi connectivity index (χ0n) is 14.5. The van der Waals surface area contributed by atoms with Crippen LogP contribution in [0.5, 0.6) is 5.75 Å². The number of ether oxygens (including phenoxy) is 1. The molecule has 0 spiro atoms. The minimum atomic E-state index is -3.74. The summed E-state index contributed by atoms with van der Waals surface area (Å²) in [6.45, 7) is 2.39. The van der Waals surface area contributed by atoms with Gasteiger partial charge in [0, 0.05) is 12.1 Å². The fraction of sp³-hybridized carbons (Fsp3) is 0.263. The summed E-state index contributed by atoms with van der Waals surface area (Å²) in [6, 6.07) is 8.78. The van der Waals surface area contributed by atoms with Gasteiger partial charge in [-0.05, 0) is 60.9 Å². The number of halogens is 1. The molecule has 1 fully saturated rings. The number of nitrogens with one attached hydrogen (secondary N) is 1. The minimum absolute atomic E-state index is 0.0870. The van der Waals surface area contributed by atoms with Gasteiger partial charge < -0.3 is 10.1 Å². The zero-order chi connectivity index (χ0) is 18.5. The van der Waals surface area contributed by atoms with Crippen LogP contribution in [0.4, 0.5) is 10.1 Å². The van der Waals surface area contributed by atoms with Gasteiger partial charge in [0.25, 0.3) is 0 Å². The summed E-state index contributed by atoms with van der Waals surface area (Å²) in [4.78, 5) is 0.0870. The first-order valence-electron chi connectivity index (χ1n) is 8.34. The van der Waals surface area contributed by atoms with E-state index in [9.17, 15) is 12.8 Å². The number of benzene rings is 2. The van der Waals surface area contributed by atoms with Gasteiger partial charge in [0.1, 0.15) is 17.7 Å². The molecule has 2 aliphatic heterocycles. The largest absolute Gasteiger partial charge is 0.495 e. The van der Waals surface area contributed by atoms with Crippen LogP contribution in [-0.4, -0.2) is 32.5 Å². The molecule has 1 N–H and O–H groups in total. The van der Waals surface area contributed by atoms with Crippen LogP contribution in [0.2, 0.25) is 0 Å². The Labute approximate surface area is 152 Å². The molecule has 26 heavy (non-hydrogen) atoms. The standard InChI is InChI=1S/C19H19FN2O3S/c1-12-3-8-17(25-2)18-16(12)11-13-9-10-22(19(13)21-18)26(23,24)15-6-4-14(20)5-7-15/h3-8,11,19,21H,9-10H2,1-2H3. The molecule has 0 saturated carbocycles. The number of anilines is 1. The predicted octanol–water partition coefficient (Wildman–Crippen LogP) is 3.37. The molecule has 1 unspecified atom stereocenters. The number of hydrogen-bond donors (Lipinski definition) is 1. The summed E-state index contributed by atoms with van der Waals surface area (Å²) in [5, 5.41) is 3.34. The van der Waals surface area contributed by atoms with Gasteiger partial charge in [0.15, 0.2) is 0 Å². The van der Waals surface area contributed by atoms with Crippen molar-refractivity contribution in [3.05, 3.63) is 58.9 Å². The molecule has 2 aromatic rings. The van der Waals surface area contributed by atoms with E-state index in [1.54, 1.807) is 7.11 Å². The minimum Gasteiger partial charge on any atom is -0.495 e. The third-order valence-electron chi connectivity index (χ3n) is 4.94. The van der Waals surface area contributed by atoms with E-state index in [0.717, 1.165) is 34.5 Å². The van der Waals surface area contributed by atoms with Crippen LogP contribution in [0, 0.1) is 12.7 Å². The monoisotopic (exact) mass is 374 g/mol. The number of rotatable bonds is 3. The lowest BCUT2D eigenvalue weighted by Crippen LogP contribution is -2.42. The van der Waals surface area contributed by atoms with Gasteiger partial charge in [-0.3, -0.25) is 0 Å². The van der Waals surface area contributed by atoms with Gasteiger partial charge in [-0.2, -0.15) is 4.31 Å². The molecule has 2 aromatic carbocycles. The second kappa shape index (κ2) is 6.10. The van der Waals surface area contributed by atoms with Crippen molar-refractivity contribution >= 4 is 21.8 Å². The number of methoxy groups -OCH3 is 1. The lowest BCUT2D eigenvalue weighted by molar-refractivity contribution is 0.408. The van der Waals surface area contributed by atoms with Crippen LogP contribution >= 0.6 is 0 Å². The molecule has 2 heterocycles. The second-order valence-corrected chi connectivity index (χ2v) is 8.35. The Morgan fingerprint density at radius 3 is 2.62 bits per heavy atom. The van der Waals surface area contributed by atoms with E-state index in [-0.39, 0.29) is 4.90 Å². The highest BCUT2D eigenvalue weighted by atomic mass is 32.2. The normalized spacial score (nSPS) is 19.3.